The number of imidazole rings is 1. The second-order valence-corrected chi connectivity index (χ2v) is 6.55. The van der Waals surface area contributed by atoms with Gasteiger partial charge >= 0.3 is 0 Å². The lowest BCUT2D eigenvalue weighted by Crippen LogP contribution is -1.99. The van der Waals surface area contributed by atoms with Gasteiger partial charge in [-0.25, -0.2) is 13.4 Å². The lowest BCUT2D eigenvalue weighted by atomic mass is 10.1. The van der Waals surface area contributed by atoms with E-state index in [2.05, 4.69) is 9.97 Å². The molecule has 0 aliphatic heterocycles. The van der Waals surface area contributed by atoms with Crippen molar-refractivity contribution in [2.24, 2.45) is 0 Å². The summed E-state index contributed by atoms with van der Waals surface area (Å²) in [6, 6.07) is 11.0. The number of aromatic nitrogens is 3. The fraction of sp³-hybridized carbons (Fsp3) is 0.176. The summed E-state index contributed by atoms with van der Waals surface area (Å²) >= 11 is 6.27. The minimum Gasteiger partial charge on any atom is -0.494 e. The number of rotatable bonds is 6. The van der Waals surface area contributed by atoms with Gasteiger partial charge in [-0.15, -0.1) is 0 Å². The molecule has 2 heterocycles. The Kier molecular flexibility index (Phi) is 5.35. The predicted molar refractivity (Wildman–Crippen MR) is 97.0 cm³/mol. The maximum Gasteiger partial charge on any atom is 0.155 e. The first-order chi connectivity index (χ1) is 12.1. The van der Waals surface area contributed by atoms with Crippen molar-refractivity contribution in [1.82, 2.24) is 14.5 Å². The number of thiol groups is 1. The van der Waals surface area contributed by atoms with Gasteiger partial charge in [-0.1, -0.05) is 11.6 Å². The van der Waals surface area contributed by atoms with Crippen LogP contribution < -0.4 is 4.74 Å². The van der Waals surface area contributed by atoms with E-state index in [1.54, 1.807) is 24.7 Å². The molecule has 0 aliphatic rings. The molecule has 0 amide bonds. The third-order valence-corrected chi connectivity index (χ3v) is 4.40. The minimum absolute atomic E-state index is 0.0773. The Labute approximate surface area is 152 Å². The van der Waals surface area contributed by atoms with Crippen LogP contribution in [0.15, 0.2) is 48.9 Å². The molecule has 0 saturated carbocycles. The summed E-state index contributed by atoms with van der Waals surface area (Å²) in [5.74, 6) is 0.706. The van der Waals surface area contributed by atoms with Gasteiger partial charge < -0.3 is 4.74 Å². The molecule has 130 valence electrons. The number of halogens is 1. The van der Waals surface area contributed by atoms with Crippen molar-refractivity contribution in [3.05, 3.63) is 59.8 Å². The standard InChI is InChI=1S/C17H16ClN3O3S/c1-2-24-15-7-3-12(4-8-15)16-17(18)20-11-21(16)14-6-5-13(19-9-14)10-25(22)23/h3-9,11,25H,2,10H2,1H3. The van der Waals surface area contributed by atoms with Gasteiger partial charge in [0.05, 0.1) is 35.6 Å². The van der Waals surface area contributed by atoms with E-state index in [1.165, 1.54) is 0 Å². The molecule has 8 heteroatoms. The largest absolute Gasteiger partial charge is 0.494 e. The van der Waals surface area contributed by atoms with E-state index in [4.69, 9.17) is 16.3 Å². The Hall–Kier alpha value is -2.38. The SMILES string of the molecule is CCOc1ccc(-c2c(Cl)ncn2-c2ccc(C[SH](=O)=O)nc2)cc1. The van der Waals surface area contributed by atoms with E-state index in [0.717, 1.165) is 22.7 Å². The summed E-state index contributed by atoms with van der Waals surface area (Å²) < 4.78 is 28.9. The molecule has 0 radical (unpaired) electrons. The molecule has 0 spiro atoms. The monoisotopic (exact) mass is 377 g/mol. The van der Waals surface area contributed by atoms with E-state index < -0.39 is 10.7 Å². The van der Waals surface area contributed by atoms with Crippen molar-refractivity contribution < 1.29 is 13.2 Å². The van der Waals surface area contributed by atoms with Crippen molar-refractivity contribution in [3.63, 3.8) is 0 Å². The van der Waals surface area contributed by atoms with Crippen LogP contribution in [0.4, 0.5) is 0 Å². The van der Waals surface area contributed by atoms with Crippen LogP contribution >= 0.6 is 11.6 Å². The number of nitrogens with zero attached hydrogens (tertiary/aromatic N) is 3. The number of hydrogen-bond donors (Lipinski definition) is 1. The topological polar surface area (TPSA) is 74.1 Å². The molecule has 0 aliphatic carbocycles. The molecule has 3 rings (SSSR count). The van der Waals surface area contributed by atoms with Gasteiger partial charge in [-0.2, -0.15) is 0 Å². The average molecular weight is 378 g/mol. The van der Waals surface area contributed by atoms with Crippen LogP contribution in [-0.2, 0) is 16.5 Å². The fourth-order valence-electron chi connectivity index (χ4n) is 2.44. The van der Waals surface area contributed by atoms with E-state index in [1.807, 2.05) is 35.8 Å². The lowest BCUT2D eigenvalue weighted by molar-refractivity contribution is 0.340. The Bertz CT molecular complexity index is 927. The Balaban J connectivity index is 1.96. The van der Waals surface area contributed by atoms with Gasteiger partial charge in [-0.05, 0) is 43.3 Å². The molecule has 0 atom stereocenters. The highest BCUT2D eigenvalue weighted by Crippen LogP contribution is 2.30. The lowest BCUT2D eigenvalue weighted by Gasteiger charge is -2.10. The van der Waals surface area contributed by atoms with Gasteiger partial charge in [0, 0.05) is 5.56 Å². The van der Waals surface area contributed by atoms with E-state index >= 15 is 0 Å². The molecular weight excluding hydrogens is 362 g/mol. The quantitative estimate of drug-likeness (QED) is 0.668. The normalized spacial score (nSPS) is 11.0. The minimum atomic E-state index is -2.50. The van der Waals surface area contributed by atoms with Crippen LogP contribution in [0, 0.1) is 0 Å². The van der Waals surface area contributed by atoms with Crippen LogP contribution in [0.25, 0.3) is 16.9 Å². The highest BCUT2D eigenvalue weighted by molar-refractivity contribution is 7.71. The molecule has 25 heavy (non-hydrogen) atoms. The smallest absolute Gasteiger partial charge is 0.155 e. The number of ether oxygens (including phenoxy) is 1. The molecule has 1 aromatic carbocycles. The summed E-state index contributed by atoms with van der Waals surface area (Å²) in [5.41, 5.74) is 2.86. The van der Waals surface area contributed by atoms with E-state index in [0.29, 0.717) is 17.5 Å². The van der Waals surface area contributed by atoms with Crippen molar-refractivity contribution in [1.29, 1.82) is 0 Å². The zero-order valence-corrected chi connectivity index (χ0v) is 15.1. The molecule has 2 aromatic heterocycles. The van der Waals surface area contributed by atoms with Crippen molar-refractivity contribution in [2.45, 2.75) is 12.7 Å². The average Bonchev–Trinajstić information content (AvgIpc) is 2.98. The fourth-order valence-corrected chi connectivity index (χ4v) is 3.14. The molecule has 3 aromatic rings. The third kappa shape index (κ3) is 4.00. The van der Waals surface area contributed by atoms with Gasteiger partial charge in [-0.3, -0.25) is 9.55 Å². The first-order valence-corrected chi connectivity index (χ1v) is 9.35. The Morgan fingerprint density at radius 2 is 1.88 bits per heavy atom. The molecular formula is C17H16ClN3O3S. The number of benzene rings is 1. The van der Waals surface area contributed by atoms with E-state index in [9.17, 15) is 8.42 Å². The number of pyridine rings is 1. The van der Waals surface area contributed by atoms with Crippen LogP contribution in [0.3, 0.4) is 0 Å². The molecule has 6 nitrogen and oxygen atoms in total. The van der Waals surface area contributed by atoms with Crippen LogP contribution in [0.2, 0.25) is 5.15 Å². The third-order valence-electron chi connectivity index (χ3n) is 3.54. The summed E-state index contributed by atoms with van der Waals surface area (Å²) in [7, 11) is -2.50. The highest BCUT2D eigenvalue weighted by atomic mass is 35.5. The van der Waals surface area contributed by atoms with Crippen molar-refractivity contribution in [2.75, 3.05) is 6.61 Å². The predicted octanol–water partition coefficient (Wildman–Crippen LogP) is 3.10. The van der Waals surface area contributed by atoms with Gasteiger partial charge in [0.2, 0.25) is 0 Å². The maximum atomic E-state index is 10.8. The first kappa shape index (κ1) is 17.4. The van der Waals surface area contributed by atoms with Crippen LogP contribution in [0.5, 0.6) is 5.75 Å². The van der Waals surface area contributed by atoms with Gasteiger partial charge in [0.15, 0.2) is 5.15 Å². The van der Waals surface area contributed by atoms with Crippen molar-refractivity contribution in [3.8, 4) is 22.7 Å². The highest BCUT2D eigenvalue weighted by Gasteiger charge is 2.13. The second kappa shape index (κ2) is 7.67. The summed E-state index contributed by atoms with van der Waals surface area (Å²) in [5, 5.41) is 0.371. The molecule has 0 unspecified atom stereocenters. The summed E-state index contributed by atoms with van der Waals surface area (Å²) in [6.07, 6.45) is 3.21. The zero-order chi connectivity index (χ0) is 17.8. The van der Waals surface area contributed by atoms with Gasteiger partial charge in [0.1, 0.15) is 22.8 Å². The summed E-state index contributed by atoms with van der Waals surface area (Å²) in [4.78, 5) is 8.35. The molecule has 0 N–H and O–H groups in total. The zero-order valence-electron chi connectivity index (χ0n) is 13.4. The molecule has 0 bridgehead atoms. The van der Waals surface area contributed by atoms with E-state index in [-0.39, 0.29) is 5.75 Å². The number of hydrogen-bond acceptors (Lipinski definition) is 5. The molecule has 0 saturated heterocycles. The van der Waals surface area contributed by atoms with Crippen molar-refractivity contribution >= 4 is 22.3 Å². The van der Waals surface area contributed by atoms with Crippen LogP contribution in [0.1, 0.15) is 12.6 Å². The van der Waals surface area contributed by atoms with Gasteiger partial charge in [0.25, 0.3) is 0 Å². The molecule has 0 fully saturated rings. The maximum absolute atomic E-state index is 10.8. The van der Waals surface area contributed by atoms with Crippen LogP contribution in [-0.4, -0.2) is 29.6 Å². The second-order valence-electron chi connectivity index (χ2n) is 5.21. The Morgan fingerprint density at radius 1 is 1.12 bits per heavy atom. The summed E-state index contributed by atoms with van der Waals surface area (Å²) in [6.45, 7) is 2.53. The Morgan fingerprint density at radius 3 is 2.48 bits per heavy atom. The first-order valence-electron chi connectivity index (χ1n) is 7.61.